The maximum atomic E-state index is 11.6. The van der Waals surface area contributed by atoms with Gasteiger partial charge in [-0.2, -0.15) is 0 Å². The molecule has 1 aliphatic rings. The van der Waals surface area contributed by atoms with Crippen molar-refractivity contribution in [1.82, 2.24) is 0 Å². The fourth-order valence-corrected chi connectivity index (χ4v) is 2.51. The van der Waals surface area contributed by atoms with Gasteiger partial charge in [-0.3, -0.25) is 4.79 Å². The minimum Gasteiger partial charge on any atom is -0.466 e. The zero-order valence-corrected chi connectivity index (χ0v) is 10.4. The van der Waals surface area contributed by atoms with Crippen LogP contribution in [0.4, 0.5) is 0 Å². The van der Waals surface area contributed by atoms with Crippen LogP contribution in [0.1, 0.15) is 24.8 Å². The van der Waals surface area contributed by atoms with E-state index >= 15 is 0 Å². The van der Waals surface area contributed by atoms with Gasteiger partial charge in [-0.1, -0.05) is 42.5 Å². The predicted octanol–water partition coefficient (Wildman–Crippen LogP) is 3.51. The first-order valence-corrected chi connectivity index (χ1v) is 6.45. The average molecular weight is 240 g/mol. The standard InChI is InChI=1S/C16H16O2/c1-2-18-16(17)15-10-14(15)13-8-7-11-5-3-4-6-12(11)9-13/h3-9,14-15H,2,10H2,1H3. The molecular formula is C16H16O2. The van der Waals surface area contributed by atoms with Crippen LogP contribution in [0.2, 0.25) is 0 Å². The largest absolute Gasteiger partial charge is 0.466 e. The summed E-state index contributed by atoms with van der Waals surface area (Å²) >= 11 is 0. The summed E-state index contributed by atoms with van der Waals surface area (Å²) in [5.74, 6) is 0.385. The van der Waals surface area contributed by atoms with Gasteiger partial charge >= 0.3 is 5.97 Å². The molecule has 2 unspecified atom stereocenters. The Bertz CT molecular complexity index is 588. The van der Waals surface area contributed by atoms with Gasteiger partial charge < -0.3 is 4.74 Å². The van der Waals surface area contributed by atoms with E-state index in [1.54, 1.807) is 0 Å². The van der Waals surface area contributed by atoms with Gasteiger partial charge in [0.1, 0.15) is 0 Å². The Morgan fingerprint density at radius 2 is 2.00 bits per heavy atom. The zero-order valence-electron chi connectivity index (χ0n) is 10.4. The third-order valence-electron chi connectivity index (χ3n) is 3.58. The smallest absolute Gasteiger partial charge is 0.309 e. The van der Waals surface area contributed by atoms with Gasteiger partial charge in [0.2, 0.25) is 0 Å². The summed E-state index contributed by atoms with van der Waals surface area (Å²) in [6, 6.07) is 14.8. The molecule has 2 nitrogen and oxygen atoms in total. The Labute approximate surface area is 107 Å². The molecule has 2 aromatic rings. The van der Waals surface area contributed by atoms with Crippen LogP contribution in [-0.4, -0.2) is 12.6 Å². The van der Waals surface area contributed by atoms with Gasteiger partial charge in [0.05, 0.1) is 12.5 Å². The van der Waals surface area contributed by atoms with Gasteiger partial charge in [-0.15, -0.1) is 0 Å². The van der Waals surface area contributed by atoms with Crippen molar-refractivity contribution in [3.63, 3.8) is 0 Å². The Morgan fingerprint density at radius 1 is 1.22 bits per heavy atom. The monoisotopic (exact) mass is 240 g/mol. The van der Waals surface area contributed by atoms with E-state index in [9.17, 15) is 4.79 Å². The van der Waals surface area contributed by atoms with E-state index in [1.807, 2.05) is 19.1 Å². The number of fused-ring (bicyclic) bond motifs is 1. The quantitative estimate of drug-likeness (QED) is 0.767. The van der Waals surface area contributed by atoms with E-state index in [0.29, 0.717) is 12.5 Å². The highest BCUT2D eigenvalue weighted by Gasteiger charge is 2.45. The molecule has 0 amide bonds. The van der Waals surface area contributed by atoms with Crippen molar-refractivity contribution in [2.75, 3.05) is 6.61 Å². The lowest BCUT2D eigenvalue weighted by atomic mass is 10.0. The first kappa shape index (κ1) is 11.3. The summed E-state index contributed by atoms with van der Waals surface area (Å²) in [4.78, 5) is 11.6. The summed E-state index contributed by atoms with van der Waals surface area (Å²) in [6.07, 6.45) is 0.928. The van der Waals surface area contributed by atoms with Crippen molar-refractivity contribution >= 4 is 16.7 Å². The second-order valence-corrected chi connectivity index (χ2v) is 4.81. The van der Waals surface area contributed by atoms with Gasteiger partial charge in [0.25, 0.3) is 0 Å². The molecule has 0 saturated heterocycles. The molecule has 0 N–H and O–H groups in total. The number of carbonyl (C=O) groups excluding carboxylic acids is 1. The first-order valence-electron chi connectivity index (χ1n) is 6.45. The molecule has 1 fully saturated rings. The number of carbonyl (C=O) groups is 1. The van der Waals surface area contributed by atoms with Crippen LogP contribution in [0.3, 0.4) is 0 Å². The van der Waals surface area contributed by atoms with Crippen LogP contribution >= 0.6 is 0 Å². The van der Waals surface area contributed by atoms with E-state index in [4.69, 9.17) is 4.74 Å². The molecule has 0 spiro atoms. The average Bonchev–Trinajstić information content (AvgIpc) is 3.19. The molecule has 92 valence electrons. The highest BCUT2D eigenvalue weighted by molar-refractivity contribution is 5.84. The van der Waals surface area contributed by atoms with Gasteiger partial charge in [-0.05, 0) is 35.6 Å². The molecule has 18 heavy (non-hydrogen) atoms. The van der Waals surface area contributed by atoms with E-state index in [0.717, 1.165) is 6.42 Å². The van der Waals surface area contributed by atoms with Crippen LogP contribution < -0.4 is 0 Å². The number of rotatable bonds is 3. The maximum absolute atomic E-state index is 11.6. The molecule has 2 aromatic carbocycles. The van der Waals surface area contributed by atoms with E-state index < -0.39 is 0 Å². The van der Waals surface area contributed by atoms with Crippen molar-refractivity contribution in [1.29, 1.82) is 0 Å². The number of hydrogen-bond donors (Lipinski definition) is 0. The molecule has 0 heterocycles. The lowest BCUT2D eigenvalue weighted by Gasteiger charge is -2.03. The highest BCUT2D eigenvalue weighted by atomic mass is 16.5. The molecule has 1 saturated carbocycles. The van der Waals surface area contributed by atoms with E-state index in [-0.39, 0.29) is 11.9 Å². The molecule has 3 rings (SSSR count). The van der Waals surface area contributed by atoms with Gasteiger partial charge in [0.15, 0.2) is 0 Å². The maximum Gasteiger partial charge on any atom is 0.309 e. The molecule has 0 bridgehead atoms. The lowest BCUT2D eigenvalue weighted by Crippen LogP contribution is -2.07. The van der Waals surface area contributed by atoms with E-state index in [2.05, 4.69) is 30.3 Å². The number of hydrogen-bond acceptors (Lipinski definition) is 2. The molecule has 0 aliphatic heterocycles. The van der Waals surface area contributed by atoms with Gasteiger partial charge in [-0.25, -0.2) is 0 Å². The highest BCUT2D eigenvalue weighted by Crippen LogP contribution is 2.48. The minimum absolute atomic E-state index is 0.0457. The molecule has 1 aliphatic carbocycles. The van der Waals surface area contributed by atoms with Gasteiger partial charge in [0, 0.05) is 0 Å². The van der Waals surface area contributed by atoms with Crippen molar-refractivity contribution in [3.8, 4) is 0 Å². The summed E-state index contributed by atoms with van der Waals surface area (Å²) in [7, 11) is 0. The van der Waals surface area contributed by atoms with Crippen LogP contribution in [-0.2, 0) is 9.53 Å². The second-order valence-electron chi connectivity index (χ2n) is 4.81. The third-order valence-corrected chi connectivity index (χ3v) is 3.58. The summed E-state index contributed by atoms with van der Waals surface area (Å²) in [6.45, 7) is 2.32. The molecule has 0 aromatic heterocycles. The van der Waals surface area contributed by atoms with Crippen molar-refractivity contribution in [2.24, 2.45) is 5.92 Å². The Hall–Kier alpha value is -1.83. The van der Waals surface area contributed by atoms with Crippen LogP contribution in [0.5, 0.6) is 0 Å². The van der Waals surface area contributed by atoms with Crippen molar-refractivity contribution in [2.45, 2.75) is 19.3 Å². The third kappa shape index (κ3) is 1.99. The first-order chi connectivity index (χ1) is 8.79. The van der Waals surface area contributed by atoms with Crippen LogP contribution in [0, 0.1) is 5.92 Å². The van der Waals surface area contributed by atoms with Crippen LogP contribution in [0.15, 0.2) is 42.5 Å². The number of benzene rings is 2. The summed E-state index contributed by atoms with van der Waals surface area (Å²) in [5, 5.41) is 2.49. The van der Waals surface area contributed by atoms with E-state index in [1.165, 1.54) is 16.3 Å². The Kier molecular flexibility index (Phi) is 2.78. The number of ether oxygens (including phenoxy) is 1. The van der Waals surface area contributed by atoms with Crippen molar-refractivity contribution < 1.29 is 9.53 Å². The van der Waals surface area contributed by atoms with Crippen molar-refractivity contribution in [3.05, 3.63) is 48.0 Å². The lowest BCUT2D eigenvalue weighted by molar-refractivity contribution is -0.144. The normalized spacial score (nSPS) is 21.8. The molecule has 2 heteroatoms. The Morgan fingerprint density at radius 3 is 2.78 bits per heavy atom. The summed E-state index contributed by atoms with van der Waals surface area (Å²) in [5.41, 5.74) is 1.26. The zero-order chi connectivity index (χ0) is 12.5. The fourth-order valence-electron chi connectivity index (χ4n) is 2.51. The second kappa shape index (κ2) is 4.45. The fraction of sp³-hybridized carbons (Fsp3) is 0.312. The predicted molar refractivity (Wildman–Crippen MR) is 71.4 cm³/mol. The summed E-state index contributed by atoms with van der Waals surface area (Å²) < 4.78 is 5.07. The minimum atomic E-state index is -0.0457. The topological polar surface area (TPSA) is 26.3 Å². The Balaban J connectivity index is 1.82. The molecule has 2 atom stereocenters. The SMILES string of the molecule is CCOC(=O)C1CC1c1ccc2ccccc2c1. The van der Waals surface area contributed by atoms with Crippen LogP contribution in [0.25, 0.3) is 10.8 Å². The number of esters is 1. The molecule has 0 radical (unpaired) electrons. The molecular weight excluding hydrogens is 224 g/mol.